The van der Waals surface area contributed by atoms with E-state index in [0.717, 1.165) is 0 Å². The molecule has 0 aliphatic rings. The second kappa shape index (κ2) is 11.0. The van der Waals surface area contributed by atoms with Crippen molar-refractivity contribution in [3.8, 4) is 0 Å². The van der Waals surface area contributed by atoms with Crippen LogP contribution in [0.1, 0.15) is 0 Å². The van der Waals surface area contributed by atoms with Gasteiger partial charge in [0.15, 0.2) is 0 Å². The van der Waals surface area contributed by atoms with Gasteiger partial charge >= 0.3 is 91.0 Å². The third-order valence-corrected chi connectivity index (χ3v) is 0. The molecule has 0 atom stereocenters. The fourth-order valence-electron chi connectivity index (χ4n) is 0. The number of hydrogen-bond acceptors (Lipinski definition) is 1. The largest absolute Gasteiger partial charge is 0 e. The van der Waals surface area contributed by atoms with Crippen molar-refractivity contribution in [3.05, 3.63) is 0 Å². The molecule has 3 N–H and O–H groups in total. The van der Waals surface area contributed by atoms with Gasteiger partial charge in [0.2, 0.25) is 0 Å². The van der Waals surface area contributed by atoms with Crippen LogP contribution in [0.5, 0.6) is 0 Å². The Kier molecular flexibility index (Phi) is 31.0. The van der Waals surface area contributed by atoms with Crippen molar-refractivity contribution in [3.63, 3.8) is 0 Å². The van der Waals surface area contributed by atoms with E-state index in [1.807, 2.05) is 0 Å². The molecule has 1 radical (unpaired) electrons. The van der Waals surface area contributed by atoms with Crippen LogP contribution in [0, 0.1) is 0 Å². The van der Waals surface area contributed by atoms with Crippen molar-refractivity contribution in [1.29, 1.82) is 0 Å². The summed E-state index contributed by atoms with van der Waals surface area (Å²) >= 11 is 0. The summed E-state index contributed by atoms with van der Waals surface area (Å²) in [5.41, 5.74) is 0. The van der Waals surface area contributed by atoms with Gasteiger partial charge in [-0.2, -0.15) is 0 Å². The molecule has 0 aliphatic carbocycles. The maximum atomic E-state index is 8.88. The normalized spacial score (nSPS) is 7.38. The van der Waals surface area contributed by atoms with Gasteiger partial charge in [-0.25, -0.2) is 4.57 Å². The summed E-state index contributed by atoms with van der Waals surface area (Å²) in [6.45, 7) is 0. The fourth-order valence-corrected chi connectivity index (χ4v) is 0. The molecular weight excluding hydrogens is 312 g/mol. The van der Waals surface area contributed by atoms with E-state index in [0.29, 0.717) is 0 Å². The smallest absolute Gasteiger partial charge is 0 e. The average Bonchev–Trinajstić information content (AvgIpc) is 0.722. The minimum absolute atomic E-state index is 0. The van der Waals surface area contributed by atoms with Crippen LogP contribution in [0.2, 0.25) is 0 Å². The van der Waals surface area contributed by atoms with Crippen LogP contribution in [-0.2, 0) is 37.3 Å². The van der Waals surface area contributed by atoms with E-state index in [9.17, 15) is 0 Å². The average molecular weight is 319 g/mol. The maximum absolute atomic E-state index is 8.88. The molecule has 0 fully saturated rings. The molecule has 43 valence electrons. The van der Waals surface area contributed by atoms with Crippen molar-refractivity contribution in [2.24, 2.45) is 0 Å². The van der Waals surface area contributed by atoms with Gasteiger partial charge in [0.25, 0.3) is 0 Å². The molecule has 0 saturated heterocycles. The number of hydrogen-bond donors (Lipinski definition) is 3. The summed E-state index contributed by atoms with van der Waals surface area (Å²) < 4.78 is 8.88. The van der Waals surface area contributed by atoms with Crippen LogP contribution >= 0.6 is 7.82 Å². The van der Waals surface area contributed by atoms with Gasteiger partial charge < -0.3 is 14.7 Å². The standard InChI is InChI=1S/Ca.H3O4P.Sr.Y.4H/c;1-5(2,3)4;;;;;;/h;(H3,1,2,3,4);;;;;;. The van der Waals surface area contributed by atoms with E-state index in [4.69, 9.17) is 19.2 Å². The molecule has 8 heavy (non-hydrogen) atoms. The molecule has 0 saturated carbocycles. The summed E-state index contributed by atoms with van der Waals surface area (Å²) in [6.07, 6.45) is 0. The minimum Gasteiger partial charge on any atom is 0 e. The zero-order valence-corrected chi connectivity index (χ0v) is 6.51. The van der Waals surface area contributed by atoms with Crippen molar-refractivity contribution < 1.29 is 52.0 Å². The van der Waals surface area contributed by atoms with E-state index in [1.54, 1.807) is 0 Å². The van der Waals surface area contributed by atoms with E-state index in [2.05, 4.69) is 0 Å². The quantitative estimate of drug-likeness (QED) is 0.334. The van der Waals surface area contributed by atoms with Crippen molar-refractivity contribution in [2.45, 2.75) is 0 Å². The predicted molar refractivity (Wildman–Crippen MR) is 31.4 cm³/mol. The maximum Gasteiger partial charge on any atom is 0 e. The summed E-state index contributed by atoms with van der Waals surface area (Å²) in [7, 11) is -4.64. The first kappa shape index (κ1) is 22.7. The Balaban J connectivity index is -0.0000000267. The Morgan fingerprint density at radius 3 is 1.12 bits per heavy atom. The third-order valence-electron chi connectivity index (χ3n) is 0. The van der Waals surface area contributed by atoms with Gasteiger partial charge in [-0.05, 0) is 0 Å². The Morgan fingerprint density at radius 1 is 1.12 bits per heavy atom. The van der Waals surface area contributed by atoms with E-state index in [-0.39, 0.29) is 116 Å². The molecule has 0 aliphatic heterocycles. The van der Waals surface area contributed by atoms with Gasteiger partial charge in [0, 0.05) is 32.7 Å². The molecule has 8 heteroatoms. The van der Waals surface area contributed by atoms with Gasteiger partial charge in [-0.15, -0.1) is 0 Å². The van der Waals surface area contributed by atoms with Crippen molar-refractivity contribution in [2.75, 3.05) is 0 Å². The van der Waals surface area contributed by atoms with Crippen LogP contribution < -0.4 is 0 Å². The van der Waals surface area contributed by atoms with E-state index < -0.39 is 7.82 Å². The van der Waals surface area contributed by atoms with Crippen molar-refractivity contribution in [1.82, 2.24) is 0 Å². The zero-order valence-electron chi connectivity index (χ0n) is 2.77. The molecule has 0 spiro atoms. The minimum atomic E-state index is -4.64. The van der Waals surface area contributed by atoms with Gasteiger partial charge in [-0.1, -0.05) is 0 Å². The van der Waals surface area contributed by atoms with Crippen LogP contribution in [-0.4, -0.2) is 97.9 Å². The molecular formula is H7CaO4PSrY. The first-order chi connectivity index (χ1) is 2.00. The van der Waals surface area contributed by atoms with Crippen LogP contribution in [0.4, 0.5) is 0 Å². The molecule has 0 unspecified atom stereocenters. The fraction of sp³-hybridized carbons (Fsp3) is 0. The molecule has 0 aromatic heterocycles. The van der Waals surface area contributed by atoms with Crippen molar-refractivity contribution >= 4 is 91.0 Å². The molecule has 0 rings (SSSR count). The molecule has 0 heterocycles. The Labute approximate surface area is 139 Å². The van der Waals surface area contributed by atoms with Crippen LogP contribution in [0.3, 0.4) is 0 Å². The second-order valence-corrected chi connectivity index (χ2v) is 1.54. The molecule has 4 nitrogen and oxygen atoms in total. The number of rotatable bonds is 0. The van der Waals surface area contributed by atoms with E-state index in [1.165, 1.54) is 0 Å². The molecule has 0 amide bonds. The molecule has 0 aromatic carbocycles. The Hall–Kier alpha value is 3.95. The molecule has 0 aromatic rings. The molecule has 0 bridgehead atoms. The van der Waals surface area contributed by atoms with Crippen LogP contribution in [0.15, 0.2) is 0 Å². The number of phosphoric acid groups is 1. The van der Waals surface area contributed by atoms with Crippen LogP contribution in [0.25, 0.3) is 0 Å². The monoisotopic (exact) mass is 319 g/mol. The SMILES string of the molecule is O=P(O)(O)O.[CaH2].[SrH2].[Y]. The Morgan fingerprint density at radius 2 is 1.12 bits per heavy atom. The topological polar surface area (TPSA) is 77.8 Å². The summed E-state index contributed by atoms with van der Waals surface area (Å²) in [5, 5.41) is 0. The second-order valence-electron chi connectivity index (χ2n) is 0.513. The third kappa shape index (κ3) is 51.0. The van der Waals surface area contributed by atoms with Gasteiger partial charge in [-0.3, -0.25) is 0 Å². The predicted octanol–water partition coefficient (Wildman–Crippen LogP) is -2.76. The van der Waals surface area contributed by atoms with Gasteiger partial charge in [0.1, 0.15) is 0 Å². The summed E-state index contributed by atoms with van der Waals surface area (Å²) in [4.78, 5) is 21.6. The zero-order chi connectivity index (χ0) is 4.50. The summed E-state index contributed by atoms with van der Waals surface area (Å²) in [6, 6.07) is 0. The first-order valence-corrected chi connectivity index (χ1v) is 2.35. The van der Waals surface area contributed by atoms with Gasteiger partial charge in [0.05, 0.1) is 0 Å². The first-order valence-electron chi connectivity index (χ1n) is 0.783. The Bertz CT molecular complexity index is 62.2. The summed E-state index contributed by atoms with van der Waals surface area (Å²) in [5.74, 6) is 0. The van der Waals surface area contributed by atoms with E-state index >= 15 is 0 Å².